The van der Waals surface area contributed by atoms with Crippen molar-refractivity contribution in [3.8, 4) is 0 Å². The molecule has 0 fully saturated rings. The van der Waals surface area contributed by atoms with Crippen molar-refractivity contribution in [1.82, 2.24) is 10.6 Å². The minimum Gasteiger partial charge on any atom is -0.467 e. The first-order valence-electron chi connectivity index (χ1n) is 7.37. The predicted molar refractivity (Wildman–Crippen MR) is 87.6 cm³/mol. The molecular formula is C18H20N2O3. The fraction of sp³-hybridized carbons (Fsp3) is 0.222. The van der Waals surface area contributed by atoms with Crippen molar-refractivity contribution in [2.24, 2.45) is 0 Å². The molecule has 0 spiro atoms. The zero-order chi connectivity index (χ0) is 16.7. The lowest BCUT2D eigenvalue weighted by atomic mass is 10.1. The van der Waals surface area contributed by atoms with E-state index in [-0.39, 0.29) is 11.8 Å². The summed E-state index contributed by atoms with van der Waals surface area (Å²) in [5.41, 5.74) is 2.35. The summed E-state index contributed by atoms with van der Waals surface area (Å²) in [4.78, 5) is 23.7. The van der Waals surface area contributed by atoms with Crippen LogP contribution in [-0.4, -0.2) is 11.8 Å². The molecule has 0 atom stereocenters. The Labute approximate surface area is 135 Å². The number of furan rings is 1. The molecule has 0 aliphatic rings. The van der Waals surface area contributed by atoms with Gasteiger partial charge in [-0.25, -0.2) is 0 Å². The quantitative estimate of drug-likeness (QED) is 0.806. The molecule has 0 aliphatic carbocycles. The van der Waals surface area contributed by atoms with E-state index in [0.717, 1.165) is 11.1 Å². The van der Waals surface area contributed by atoms with Crippen molar-refractivity contribution in [1.29, 1.82) is 0 Å². The first kappa shape index (κ1) is 16.5. The van der Waals surface area contributed by atoms with Gasteiger partial charge in [0.1, 0.15) is 5.76 Å². The Balaban J connectivity index is 1.92. The second-order valence-electron chi connectivity index (χ2n) is 5.40. The summed E-state index contributed by atoms with van der Waals surface area (Å²) >= 11 is 0. The molecule has 0 saturated carbocycles. The molecule has 0 radical (unpaired) electrons. The maximum atomic E-state index is 12.1. The van der Waals surface area contributed by atoms with Gasteiger partial charge < -0.3 is 15.1 Å². The molecule has 2 amide bonds. The average Bonchev–Trinajstić information content (AvgIpc) is 3.03. The van der Waals surface area contributed by atoms with Gasteiger partial charge in [-0.2, -0.15) is 0 Å². The number of benzene rings is 1. The van der Waals surface area contributed by atoms with Gasteiger partial charge in [0, 0.05) is 18.2 Å². The fourth-order valence-electron chi connectivity index (χ4n) is 2.01. The minimum absolute atomic E-state index is 0.141. The Hall–Kier alpha value is -2.82. The van der Waals surface area contributed by atoms with E-state index in [1.165, 1.54) is 0 Å². The highest BCUT2D eigenvalue weighted by Gasteiger charge is 2.07. The van der Waals surface area contributed by atoms with Gasteiger partial charge in [-0.3, -0.25) is 9.59 Å². The van der Waals surface area contributed by atoms with Crippen LogP contribution >= 0.6 is 0 Å². The summed E-state index contributed by atoms with van der Waals surface area (Å²) in [6, 6.07) is 10.7. The van der Waals surface area contributed by atoms with E-state index in [4.69, 9.17) is 4.42 Å². The third kappa shape index (κ3) is 5.47. The molecule has 0 aliphatic heterocycles. The summed E-state index contributed by atoms with van der Waals surface area (Å²) in [7, 11) is 0. The standard InChI is InChI=1S/C18H20N2O3/c1-13(2)9-17(21)19-11-14-5-3-6-15(10-14)18(22)20-12-16-7-4-8-23-16/h3-10H,11-12H2,1-2H3,(H,19,21)(H,20,22). The molecule has 1 aromatic heterocycles. The third-order valence-electron chi connectivity index (χ3n) is 3.08. The lowest BCUT2D eigenvalue weighted by Crippen LogP contribution is -2.23. The van der Waals surface area contributed by atoms with Gasteiger partial charge in [0.25, 0.3) is 5.91 Å². The largest absolute Gasteiger partial charge is 0.467 e. The van der Waals surface area contributed by atoms with Gasteiger partial charge in [-0.05, 0) is 43.7 Å². The molecule has 0 bridgehead atoms. The van der Waals surface area contributed by atoms with Crippen LogP contribution in [0.25, 0.3) is 0 Å². The molecular weight excluding hydrogens is 292 g/mol. The van der Waals surface area contributed by atoms with E-state index < -0.39 is 0 Å². The minimum atomic E-state index is -0.182. The number of nitrogens with one attached hydrogen (secondary N) is 2. The smallest absolute Gasteiger partial charge is 0.251 e. The molecule has 120 valence electrons. The van der Waals surface area contributed by atoms with Crippen LogP contribution in [0.2, 0.25) is 0 Å². The lowest BCUT2D eigenvalue weighted by molar-refractivity contribution is -0.116. The van der Waals surface area contributed by atoms with Gasteiger partial charge >= 0.3 is 0 Å². The maximum absolute atomic E-state index is 12.1. The Kier molecular flexibility index (Phi) is 5.74. The maximum Gasteiger partial charge on any atom is 0.251 e. The van der Waals surface area contributed by atoms with Crippen LogP contribution in [0.3, 0.4) is 0 Å². The fourth-order valence-corrected chi connectivity index (χ4v) is 2.01. The monoisotopic (exact) mass is 312 g/mol. The molecule has 2 aromatic rings. The second-order valence-corrected chi connectivity index (χ2v) is 5.40. The molecule has 2 N–H and O–H groups in total. The van der Waals surface area contributed by atoms with Crippen LogP contribution in [0.1, 0.15) is 35.5 Å². The van der Waals surface area contributed by atoms with Crippen molar-refractivity contribution >= 4 is 11.8 Å². The number of allylic oxidation sites excluding steroid dienone is 1. The van der Waals surface area contributed by atoms with Gasteiger partial charge in [-0.1, -0.05) is 17.7 Å². The molecule has 2 rings (SSSR count). The van der Waals surface area contributed by atoms with E-state index in [9.17, 15) is 9.59 Å². The normalized spacial score (nSPS) is 10.0. The third-order valence-corrected chi connectivity index (χ3v) is 3.08. The Morgan fingerprint density at radius 2 is 1.91 bits per heavy atom. The second kappa shape index (κ2) is 7.98. The summed E-state index contributed by atoms with van der Waals surface area (Å²) in [6.07, 6.45) is 3.11. The molecule has 5 nitrogen and oxygen atoms in total. The lowest BCUT2D eigenvalue weighted by Gasteiger charge is -2.07. The van der Waals surface area contributed by atoms with Crippen LogP contribution in [0.5, 0.6) is 0 Å². The molecule has 1 aromatic carbocycles. The van der Waals surface area contributed by atoms with Crippen molar-refractivity contribution in [2.45, 2.75) is 26.9 Å². The molecule has 5 heteroatoms. The summed E-state index contributed by atoms with van der Waals surface area (Å²) in [6.45, 7) is 4.45. The van der Waals surface area contributed by atoms with Crippen LogP contribution in [0, 0.1) is 0 Å². The van der Waals surface area contributed by atoms with E-state index in [1.807, 2.05) is 19.9 Å². The highest BCUT2D eigenvalue weighted by molar-refractivity contribution is 5.94. The highest BCUT2D eigenvalue weighted by atomic mass is 16.3. The Bertz CT molecular complexity index is 699. The zero-order valence-corrected chi connectivity index (χ0v) is 13.3. The summed E-state index contributed by atoms with van der Waals surface area (Å²) in [5.74, 6) is 0.375. The van der Waals surface area contributed by atoms with Crippen LogP contribution in [-0.2, 0) is 17.9 Å². The van der Waals surface area contributed by atoms with Gasteiger partial charge in [0.15, 0.2) is 0 Å². The first-order valence-corrected chi connectivity index (χ1v) is 7.37. The number of hydrogen-bond donors (Lipinski definition) is 2. The molecule has 23 heavy (non-hydrogen) atoms. The average molecular weight is 312 g/mol. The highest BCUT2D eigenvalue weighted by Crippen LogP contribution is 2.06. The molecule has 1 heterocycles. The van der Waals surface area contributed by atoms with Crippen molar-refractivity contribution in [2.75, 3.05) is 0 Å². The van der Waals surface area contributed by atoms with E-state index in [0.29, 0.717) is 24.4 Å². The number of carbonyl (C=O) groups excluding carboxylic acids is 2. The number of carbonyl (C=O) groups is 2. The Morgan fingerprint density at radius 1 is 1.09 bits per heavy atom. The van der Waals surface area contributed by atoms with Crippen LogP contribution in [0.4, 0.5) is 0 Å². The predicted octanol–water partition coefficient (Wildman–Crippen LogP) is 2.79. The van der Waals surface area contributed by atoms with Gasteiger partial charge in [0.2, 0.25) is 5.91 Å². The van der Waals surface area contributed by atoms with Crippen molar-refractivity contribution in [3.05, 3.63) is 71.2 Å². The van der Waals surface area contributed by atoms with Crippen molar-refractivity contribution < 1.29 is 14.0 Å². The van der Waals surface area contributed by atoms with Gasteiger partial charge in [0.05, 0.1) is 12.8 Å². The van der Waals surface area contributed by atoms with Crippen LogP contribution in [0.15, 0.2) is 58.7 Å². The Morgan fingerprint density at radius 3 is 2.61 bits per heavy atom. The summed E-state index contributed by atoms with van der Waals surface area (Å²) in [5, 5.41) is 5.58. The number of hydrogen-bond acceptors (Lipinski definition) is 3. The number of amides is 2. The zero-order valence-electron chi connectivity index (χ0n) is 13.3. The van der Waals surface area contributed by atoms with E-state index in [1.54, 1.807) is 42.7 Å². The molecule has 0 saturated heterocycles. The van der Waals surface area contributed by atoms with Crippen LogP contribution < -0.4 is 10.6 Å². The summed E-state index contributed by atoms with van der Waals surface area (Å²) < 4.78 is 5.17. The van der Waals surface area contributed by atoms with Crippen molar-refractivity contribution in [3.63, 3.8) is 0 Å². The molecule has 0 unspecified atom stereocenters. The van der Waals surface area contributed by atoms with Gasteiger partial charge in [-0.15, -0.1) is 0 Å². The SMILES string of the molecule is CC(C)=CC(=O)NCc1cccc(C(=O)NCc2ccco2)c1. The van der Waals surface area contributed by atoms with E-state index >= 15 is 0 Å². The number of rotatable bonds is 6. The first-order chi connectivity index (χ1) is 11.0. The van der Waals surface area contributed by atoms with E-state index in [2.05, 4.69) is 10.6 Å². The topological polar surface area (TPSA) is 71.3 Å².